The minimum Gasteiger partial charge on any atom is -0.349 e. The molecule has 2 fully saturated rings. The predicted octanol–water partition coefficient (Wildman–Crippen LogP) is 4.48. The molecule has 29 heavy (non-hydrogen) atoms. The standard InChI is InChI=1S/C23H26FN3O2/c1-15-4-2-5-18(12-15)26-23(29)27-20-6-3-7-21(27)14-19(13-20)25-22(28)16-8-10-17(24)11-9-16/h2,4-5,8-12,19-21H,3,6-7,13-14H2,1H3,(H,25,28)(H,26,29)/t19?,20-,21+. The summed E-state index contributed by atoms with van der Waals surface area (Å²) in [5, 5.41) is 6.11. The molecule has 0 saturated carbocycles. The van der Waals surface area contributed by atoms with Crippen molar-refractivity contribution in [1.82, 2.24) is 10.2 Å². The third kappa shape index (κ3) is 4.42. The van der Waals surface area contributed by atoms with Gasteiger partial charge in [-0.25, -0.2) is 9.18 Å². The van der Waals surface area contributed by atoms with Gasteiger partial charge in [0.2, 0.25) is 0 Å². The van der Waals surface area contributed by atoms with Gasteiger partial charge in [0, 0.05) is 29.4 Å². The molecule has 6 heteroatoms. The van der Waals surface area contributed by atoms with Gasteiger partial charge in [0.1, 0.15) is 5.82 Å². The van der Waals surface area contributed by atoms with Gasteiger partial charge in [-0.2, -0.15) is 0 Å². The van der Waals surface area contributed by atoms with E-state index in [0.29, 0.717) is 5.56 Å². The van der Waals surface area contributed by atoms with E-state index >= 15 is 0 Å². The van der Waals surface area contributed by atoms with Crippen LogP contribution in [0.3, 0.4) is 0 Å². The molecular weight excluding hydrogens is 369 g/mol. The molecule has 0 spiro atoms. The maximum absolute atomic E-state index is 13.1. The molecule has 2 heterocycles. The lowest BCUT2D eigenvalue weighted by atomic mass is 9.82. The highest BCUT2D eigenvalue weighted by Crippen LogP contribution is 2.34. The number of nitrogens with one attached hydrogen (secondary N) is 2. The molecule has 0 aromatic heterocycles. The Bertz CT molecular complexity index is 885. The Morgan fingerprint density at radius 2 is 1.72 bits per heavy atom. The second-order valence-corrected chi connectivity index (χ2v) is 8.09. The number of halogens is 1. The zero-order chi connectivity index (χ0) is 20.4. The average molecular weight is 395 g/mol. The SMILES string of the molecule is Cc1cccc(NC(=O)N2[C@@H]3CCC[C@H]2CC(NC(=O)c2ccc(F)cc2)C3)c1. The molecule has 2 aromatic carbocycles. The van der Waals surface area contributed by atoms with Gasteiger partial charge in [-0.15, -0.1) is 0 Å². The molecule has 2 saturated heterocycles. The number of urea groups is 1. The number of nitrogens with zero attached hydrogens (tertiary/aromatic N) is 1. The van der Waals surface area contributed by atoms with Crippen LogP contribution in [0.1, 0.15) is 48.0 Å². The van der Waals surface area contributed by atoms with Gasteiger partial charge in [-0.1, -0.05) is 12.1 Å². The van der Waals surface area contributed by atoms with Crippen LogP contribution in [-0.4, -0.2) is 35.0 Å². The third-order valence-corrected chi connectivity index (χ3v) is 5.92. The Kier molecular flexibility index (Phi) is 5.51. The van der Waals surface area contributed by atoms with E-state index in [2.05, 4.69) is 10.6 Å². The van der Waals surface area contributed by atoms with Crippen molar-refractivity contribution in [3.63, 3.8) is 0 Å². The van der Waals surface area contributed by atoms with Crippen molar-refractivity contribution in [2.75, 3.05) is 5.32 Å². The third-order valence-electron chi connectivity index (χ3n) is 5.92. The molecule has 0 radical (unpaired) electrons. The summed E-state index contributed by atoms with van der Waals surface area (Å²) in [6.07, 6.45) is 4.47. The fraction of sp³-hybridized carbons (Fsp3) is 0.391. The van der Waals surface area contributed by atoms with Gasteiger partial charge in [0.15, 0.2) is 0 Å². The number of rotatable bonds is 3. The van der Waals surface area contributed by atoms with Crippen LogP contribution in [0.4, 0.5) is 14.9 Å². The number of aryl methyl sites for hydroxylation is 1. The van der Waals surface area contributed by atoms with E-state index in [9.17, 15) is 14.0 Å². The van der Waals surface area contributed by atoms with Crippen molar-refractivity contribution in [3.05, 3.63) is 65.5 Å². The molecule has 152 valence electrons. The zero-order valence-electron chi connectivity index (χ0n) is 16.5. The highest BCUT2D eigenvalue weighted by Gasteiger charge is 2.41. The van der Waals surface area contributed by atoms with Gasteiger partial charge in [0.25, 0.3) is 5.91 Å². The number of carbonyl (C=O) groups is 2. The Labute approximate surface area is 170 Å². The van der Waals surface area contributed by atoms with Crippen LogP contribution in [-0.2, 0) is 0 Å². The first-order valence-electron chi connectivity index (χ1n) is 10.2. The summed E-state index contributed by atoms with van der Waals surface area (Å²) in [6.45, 7) is 2.00. The molecule has 4 rings (SSSR count). The summed E-state index contributed by atoms with van der Waals surface area (Å²) in [5.74, 6) is -0.547. The number of hydrogen-bond donors (Lipinski definition) is 2. The minimum absolute atomic E-state index is 0.0193. The van der Waals surface area contributed by atoms with E-state index in [1.54, 1.807) is 0 Å². The van der Waals surface area contributed by atoms with Crippen molar-refractivity contribution in [2.45, 2.75) is 57.2 Å². The maximum Gasteiger partial charge on any atom is 0.322 e. The van der Waals surface area contributed by atoms with Crippen molar-refractivity contribution in [1.29, 1.82) is 0 Å². The van der Waals surface area contributed by atoms with Crippen LogP contribution in [0.15, 0.2) is 48.5 Å². The number of hydrogen-bond acceptors (Lipinski definition) is 2. The molecule has 2 aliphatic rings. The molecule has 2 bridgehead atoms. The molecule has 2 aliphatic heterocycles. The van der Waals surface area contributed by atoms with E-state index in [-0.39, 0.29) is 35.9 Å². The van der Waals surface area contributed by atoms with E-state index in [0.717, 1.165) is 43.4 Å². The highest BCUT2D eigenvalue weighted by atomic mass is 19.1. The van der Waals surface area contributed by atoms with E-state index in [1.165, 1.54) is 24.3 Å². The van der Waals surface area contributed by atoms with Crippen molar-refractivity contribution in [2.24, 2.45) is 0 Å². The highest BCUT2D eigenvalue weighted by molar-refractivity contribution is 5.94. The lowest BCUT2D eigenvalue weighted by Gasteiger charge is -2.48. The molecule has 2 aromatic rings. The first-order valence-corrected chi connectivity index (χ1v) is 10.2. The smallest absolute Gasteiger partial charge is 0.322 e. The monoisotopic (exact) mass is 395 g/mol. The average Bonchev–Trinajstić information content (AvgIpc) is 2.67. The Morgan fingerprint density at radius 3 is 2.38 bits per heavy atom. The first-order chi connectivity index (χ1) is 14.0. The van der Waals surface area contributed by atoms with Gasteiger partial charge < -0.3 is 15.5 Å². The summed E-state index contributed by atoms with van der Waals surface area (Å²) in [6, 6.07) is 13.6. The van der Waals surface area contributed by atoms with Crippen LogP contribution in [0, 0.1) is 12.7 Å². The molecule has 3 atom stereocenters. The summed E-state index contributed by atoms with van der Waals surface area (Å²) in [4.78, 5) is 27.5. The normalized spacial score (nSPS) is 23.4. The molecule has 5 nitrogen and oxygen atoms in total. The minimum atomic E-state index is -0.357. The van der Waals surface area contributed by atoms with E-state index in [4.69, 9.17) is 0 Å². The number of piperidine rings is 2. The maximum atomic E-state index is 13.1. The second-order valence-electron chi connectivity index (χ2n) is 8.09. The Hall–Kier alpha value is -2.89. The molecule has 1 unspecified atom stereocenters. The molecule has 3 amide bonds. The summed E-state index contributed by atoms with van der Waals surface area (Å²) in [5.41, 5.74) is 2.36. The number of benzene rings is 2. The van der Waals surface area contributed by atoms with Crippen LogP contribution in [0.5, 0.6) is 0 Å². The lowest BCUT2D eigenvalue weighted by molar-refractivity contribution is 0.0577. The van der Waals surface area contributed by atoms with Crippen molar-refractivity contribution >= 4 is 17.6 Å². The first kappa shape index (κ1) is 19.4. The van der Waals surface area contributed by atoms with Gasteiger partial charge >= 0.3 is 6.03 Å². The summed E-state index contributed by atoms with van der Waals surface area (Å²) in [7, 11) is 0. The second kappa shape index (κ2) is 8.23. The van der Waals surface area contributed by atoms with Gasteiger partial charge in [-0.3, -0.25) is 4.79 Å². The van der Waals surface area contributed by atoms with Crippen molar-refractivity contribution in [3.8, 4) is 0 Å². The topological polar surface area (TPSA) is 61.4 Å². The zero-order valence-corrected chi connectivity index (χ0v) is 16.5. The molecule has 0 aliphatic carbocycles. The largest absolute Gasteiger partial charge is 0.349 e. The van der Waals surface area contributed by atoms with E-state index in [1.807, 2.05) is 36.1 Å². The van der Waals surface area contributed by atoms with Crippen LogP contribution in [0.2, 0.25) is 0 Å². The van der Waals surface area contributed by atoms with Crippen LogP contribution >= 0.6 is 0 Å². The Balaban J connectivity index is 1.41. The Morgan fingerprint density at radius 1 is 1.03 bits per heavy atom. The summed E-state index contributed by atoms with van der Waals surface area (Å²) >= 11 is 0. The number of carbonyl (C=O) groups excluding carboxylic acids is 2. The predicted molar refractivity (Wildman–Crippen MR) is 110 cm³/mol. The fourth-order valence-corrected chi connectivity index (χ4v) is 4.61. The molecular formula is C23H26FN3O2. The van der Waals surface area contributed by atoms with Gasteiger partial charge in [-0.05, 0) is 81.0 Å². The van der Waals surface area contributed by atoms with Gasteiger partial charge in [0.05, 0.1) is 0 Å². The molecule has 2 N–H and O–H groups in total. The van der Waals surface area contributed by atoms with Crippen LogP contribution in [0.25, 0.3) is 0 Å². The van der Waals surface area contributed by atoms with Crippen molar-refractivity contribution < 1.29 is 14.0 Å². The number of fused-ring (bicyclic) bond motifs is 2. The number of anilines is 1. The van der Waals surface area contributed by atoms with E-state index < -0.39 is 0 Å². The number of amides is 3. The quantitative estimate of drug-likeness (QED) is 0.805. The fourth-order valence-electron chi connectivity index (χ4n) is 4.61. The van der Waals surface area contributed by atoms with Crippen LogP contribution < -0.4 is 10.6 Å². The summed E-state index contributed by atoms with van der Waals surface area (Å²) < 4.78 is 13.1. The lowest BCUT2D eigenvalue weighted by Crippen LogP contribution is -2.59.